The molecule has 27 heavy (non-hydrogen) atoms. The molecular formula is C10H28CaN2Na2O12. The van der Waals surface area contributed by atoms with Crippen molar-refractivity contribution in [1.82, 2.24) is 0 Å². The van der Waals surface area contributed by atoms with Gasteiger partial charge in [0.1, 0.15) is 0 Å². The first-order valence-corrected chi connectivity index (χ1v) is 4.95. The fourth-order valence-electron chi connectivity index (χ4n) is 0. The third-order valence-electron chi connectivity index (χ3n) is 0.167. The Morgan fingerprint density at radius 2 is 0.593 bits per heavy atom. The summed E-state index contributed by atoms with van der Waals surface area (Å²) in [6.45, 7) is 5.08. The van der Waals surface area contributed by atoms with Gasteiger partial charge in [-0.1, -0.05) is 0 Å². The Hall–Kier alpha value is 0.900. The van der Waals surface area contributed by atoms with Gasteiger partial charge in [-0.25, -0.2) is 0 Å². The van der Waals surface area contributed by atoms with Gasteiger partial charge in [-0.3, -0.25) is 0 Å². The molecule has 0 unspecified atom stereocenters. The van der Waals surface area contributed by atoms with E-state index in [4.69, 9.17) is 51.1 Å². The Labute approximate surface area is 231 Å². The molecule has 0 aliphatic rings. The Morgan fingerprint density at radius 1 is 0.556 bits per heavy atom. The van der Waals surface area contributed by atoms with Crippen LogP contribution >= 0.6 is 0 Å². The number of carbonyl (C=O) groups is 4. The van der Waals surface area contributed by atoms with Crippen LogP contribution in [0.4, 0.5) is 0 Å². The van der Waals surface area contributed by atoms with E-state index in [1.165, 1.54) is 0 Å². The second-order valence-corrected chi connectivity index (χ2v) is 2.54. The summed E-state index contributed by atoms with van der Waals surface area (Å²) in [4.78, 5) is 35.6. The van der Waals surface area contributed by atoms with E-state index in [1.807, 2.05) is 0 Å². The Balaban J connectivity index is -0.00000000978. The molecule has 0 spiro atoms. The molecule has 0 fully saturated rings. The van der Waals surface area contributed by atoms with E-state index in [9.17, 15) is 0 Å². The minimum atomic E-state index is -1.08. The van der Waals surface area contributed by atoms with Crippen molar-refractivity contribution in [3.05, 3.63) is 0 Å². The largest absolute Gasteiger partial charge is 2.00 e. The van der Waals surface area contributed by atoms with Crippen molar-refractivity contribution in [3.63, 3.8) is 0 Å². The van der Waals surface area contributed by atoms with Crippen LogP contribution < -0.4 is 91.0 Å². The SMILES string of the molecule is CC(=O)[O-].CC(=O)[O-].CC(=O)[O-].CC(=O)[O-].NCCN.O.O.O.O.[Ca+2].[Na+].[Na+]. The quantitative estimate of drug-likeness (QED) is 0.352. The molecule has 0 radical (unpaired) electrons. The van der Waals surface area contributed by atoms with Gasteiger partial charge in [0.15, 0.2) is 0 Å². The molecule has 154 valence electrons. The van der Waals surface area contributed by atoms with Crippen LogP contribution in [0.15, 0.2) is 0 Å². The summed E-state index contributed by atoms with van der Waals surface area (Å²) in [6, 6.07) is 0. The summed E-state index contributed by atoms with van der Waals surface area (Å²) in [5.74, 6) is -4.33. The summed E-state index contributed by atoms with van der Waals surface area (Å²) < 4.78 is 0. The minimum Gasteiger partial charge on any atom is -0.550 e. The second kappa shape index (κ2) is 81.3. The van der Waals surface area contributed by atoms with E-state index in [-0.39, 0.29) is 119 Å². The molecule has 0 saturated heterocycles. The first kappa shape index (κ1) is 79.9. The maximum atomic E-state index is 8.89. The van der Waals surface area contributed by atoms with Gasteiger partial charge in [0.2, 0.25) is 0 Å². The summed E-state index contributed by atoms with van der Waals surface area (Å²) in [5, 5.41) is 35.6. The Kier molecular flexibility index (Phi) is 240. The molecule has 12 N–H and O–H groups in total. The first-order valence-electron chi connectivity index (χ1n) is 4.95. The molecule has 0 aromatic carbocycles. The van der Waals surface area contributed by atoms with E-state index in [0.29, 0.717) is 13.1 Å². The van der Waals surface area contributed by atoms with Crippen LogP contribution in [0.25, 0.3) is 0 Å². The number of aliphatic carboxylic acids is 4. The summed E-state index contributed by atoms with van der Waals surface area (Å²) in [7, 11) is 0. The fourth-order valence-corrected chi connectivity index (χ4v) is 0. The van der Waals surface area contributed by atoms with Crippen molar-refractivity contribution >= 4 is 61.6 Å². The van der Waals surface area contributed by atoms with E-state index in [0.717, 1.165) is 27.7 Å². The molecule has 0 aliphatic carbocycles. The van der Waals surface area contributed by atoms with Crippen LogP contribution in [-0.4, -0.2) is 96.6 Å². The van der Waals surface area contributed by atoms with E-state index in [1.54, 1.807) is 0 Å². The maximum Gasteiger partial charge on any atom is 2.00 e. The zero-order valence-electron chi connectivity index (χ0n) is 16.5. The van der Waals surface area contributed by atoms with E-state index >= 15 is 0 Å². The van der Waals surface area contributed by atoms with Crippen LogP contribution in [0.1, 0.15) is 27.7 Å². The molecule has 0 aromatic heterocycles. The second-order valence-electron chi connectivity index (χ2n) is 2.54. The number of carbonyl (C=O) groups excluding carboxylic acids is 4. The number of carboxylic acids is 4. The predicted molar refractivity (Wildman–Crippen MR) is 81.0 cm³/mol. The van der Waals surface area contributed by atoms with Crippen molar-refractivity contribution in [2.75, 3.05) is 13.1 Å². The zero-order valence-corrected chi connectivity index (χ0v) is 22.8. The van der Waals surface area contributed by atoms with Crippen molar-refractivity contribution in [2.45, 2.75) is 27.7 Å². The van der Waals surface area contributed by atoms with Gasteiger partial charge < -0.3 is 73.0 Å². The standard InChI is InChI=1S/C2H8N2.4C2H4O2.Ca.2Na.4H2O/c3-1-2-4;4*1-2(3)4;;;;;;;/h1-4H2;4*1H3,(H,3,4);;;;4*1H2/q;;;;;+2;2*+1;;;;/p-4. The molecule has 0 atom stereocenters. The van der Waals surface area contributed by atoms with Gasteiger partial charge in [-0.2, -0.15) is 0 Å². The van der Waals surface area contributed by atoms with Crippen LogP contribution in [0.5, 0.6) is 0 Å². The average molecular weight is 454 g/mol. The topological polar surface area (TPSA) is 339 Å². The molecule has 14 nitrogen and oxygen atoms in total. The Bertz CT molecular complexity index is 211. The molecule has 0 heterocycles. The molecule has 17 heteroatoms. The number of carboxylic acid groups (broad SMARTS) is 4. The fraction of sp³-hybridized carbons (Fsp3) is 0.600. The zero-order chi connectivity index (χ0) is 17.7. The van der Waals surface area contributed by atoms with Crippen LogP contribution in [0.3, 0.4) is 0 Å². The summed E-state index contributed by atoms with van der Waals surface area (Å²) in [5.41, 5.74) is 9.81. The van der Waals surface area contributed by atoms with Crippen LogP contribution in [-0.2, 0) is 19.2 Å². The molecule has 0 bridgehead atoms. The third-order valence-corrected chi connectivity index (χ3v) is 0.167. The van der Waals surface area contributed by atoms with Gasteiger partial charge in [-0.15, -0.1) is 0 Å². The van der Waals surface area contributed by atoms with E-state index in [2.05, 4.69) is 0 Å². The van der Waals surface area contributed by atoms with E-state index < -0.39 is 23.9 Å². The predicted octanol–water partition coefficient (Wildman–Crippen LogP) is -15.7. The van der Waals surface area contributed by atoms with Crippen LogP contribution in [0, 0.1) is 0 Å². The van der Waals surface area contributed by atoms with Crippen molar-refractivity contribution in [3.8, 4) is 0 Å². The number of hydrogen-bond donors (Lipinski definition) is 2. The molecule has 0 aromatic rings. The summed E-state index contributed by atoms with van der Waals surface area (Å²) in [6.07, 6.45) is 0. The normalized spacial score (nSPS) is 4.81. The number of hydrogen-bond acceptors (Lipinski definition) is 10. The first-order chi connectivity index (χ1) is 8.84. The molecule has 0 amide bonds. The van der Waals surface area contributed by atoms with Crippen molar-refractivity contribution in [2.24, 2.45) is 11.5 Å². The van der Waals surface area contributed by atoms with Crippen LogP contribution in [0.2, 0.25) is 0 Å². The van der Waals surface area contributed by atoms with Gasteiger partial charge in [0.25, 0.3) is 0 Å². The van der Waals surface area contributed by atoms with Crippen molar-refractivity contribution in [1.29, 1.82) is 0 Å². The van der Waals surface area contributed by atoms with Gasteiger partial charge in [-0.05, 0) is 27.7 Å². The summed E-state index contributed by atoms with van der Waals surface area (Å²) >= 11 is 0. The number of rotatable bonds is 1. The smallest absolute Gasteiger partial charge is 0.550 e. The molecular weight excluding hydrogens is 426 g/mol. The molecule has 0 rings (SSSR count). The average Bonchev–Trinajstić information content (AvgIpc) is 2.13. The van der Waals surface area contributed by atoms with Gasteiger partial charge in [0.05, 0.1) is 0 Å². The van der Waals surface area contributed by atoms with Crippen molar-refractivity contribution < 1.29 is 121 Å². The monoisotopic (exact) mass is 454 g/mol. The third kappa shape index (κ3) is 4620. The number of nitrogens with two attached hydrogens (primary N) is 2. The van der Waals surface area contributed by atoms with Gasteiger partial charge in [0, 0.05) is 37.0 Å². The van der Waals surface area contributed by atoms with Gasteiger partial charge >= 0.3 is 96.9 Å². The molecule has 0 aliphatic heterocycles. The Morgan fingerprint density at radius 3 is 0.593 bits per heavy atom. The maximum absolute atomic E-state index is 8.89. The molecule has 0 saturated carbocycles. The minimum absolute atomic E-state index is 0.